The number of aryl methyl sites for hydroxylation is 1. The minimum Gasteiger partial charge on any atom is -0.480 e. The molecule has 0 aliphatic rings. The normalized spacial score (nSPS) is 11.7. The fourth-order valence-electron chi connectivity index (χ4n) is 1.91. The van der Waals surface area contributed by atoms with E-state index in [4.69, 9.17) is 4.74 Å². The molecule has 2 aromatic rings. The van der Waals surface area contributed by atoms with E-state index < -0.39 is 6.10 Å². The average molecular weight is 269 g/mol. The molecule has 2 rings (SSSR count). The van der Waals surface area contributed by atoms with Crippen LogP contribution >= 0.6 is 0 Å². The minimum atomic E-state index is -0.490. The topological polar surface area (TPSA) is 38.3 Å². The molecule has 0 aromatic heterocycles. The Labute approximate surface area is 119 Å². The number of nitrogens with one attached hydrogen (secondary N) is 1. The van der Waals surface area contributed by atoms with Crippen molar-refractivity contribution in [2.75, 3.05) is 5.32 Å². The summed E-state index contributed by atoms with van der Waals surface area (Å²) in [5, 5.41) is 2.87. The second-order valence-electron chi connectivity index (χ2n) is 4.64. The molecule has 0 aliphatic heterocycles. The lowest BCUT2D eigenvalue weighted by molar-refractivity contribution is -0.122. The lowest BCUT2D eigenvalue weighted by Gasteiger charge is -2.18. The van der Waals surface area contributed by atoms with Gasteiger partial charge in [-0.2, -0.15) is 0 Å². The molecule has 0 aliphatic carbocycles. The summed E-state index contributed by atoms with van der Waals surface area (Å²) in [6, 6.07) is 17.1. The Morgan fingerprint density at radius 2 is 1.75 bits per heavy atom. The Hall–Kier alpha value is -2.29. The number of hydrogen-bond acceptors (Lipinski definition) is 2. The van der Waals surface area contributed by atoms with Gasteiger partial charge in [0.15, 0.2) is 6.10 Å². The fraction of sp³-hybridized carbons (Fsp3) is 0.235. The van der Waals surface area contributed by atoms with Crippen LogP contribution in [0.1, 0.15) is 18.9 Å². The highest BCUT2D eigenvalue weighted by atomic mass is 16.5. The van der Waals surface area contributed by atoms with Gasteiger partial charge in [0.2, 0.25) is 0 Å². The van der Waals surface area contributed by atoms with Crippen molar-refractivity contribution in [2.24, 2.45) is 0 Å². The molecule has 0 unspecified atom stereocenters. The molecule has 1 atom stereocenters. The first-order valence-electron chi connectivity index (χ1n) is 6.79. The number of benzene rings is 2. The fourth-order valence-corrected chi connectivity index (χ4v) is 1.91. The lowest BCUT2D eigenvalue weighted by atomic mass is 10.2. The van der Waals surface area contributed by atoms with Gasteiger partial charge in [-0.25, -0.2) is 0 Å². The van der Waals surface area contributed by atoms with Crippen molar-refractivity contribution < 1.29 is 9.53 Å². The monoisotopic (exact) mass is 269 g/mol. The first kappa shape index (κ1) is 14.1. The Bertz CT molecular complexity index is 566. The lowest BCUT2D eigenvalue weighted by Crippen LogP contribution is -2.32. The molecule has 1 N–H and O–H groups in total. The van der Waals surface area contributed by atoms with E-state index in [1.807, 2.05) is 68.4 Å². The Morgan fingerprint density at radius 3 is 2.40 bits per heavy atom. The Kier molecular flexibility index (Phi) is 4.77. The number of carbonyl (C=O) groups excluding carboxylic acids is 1. The van der Waals surface area contributed by atoms with E-state index in [9.17, 15) is 4.79 Å². The van der Waals surface area contributed by atoms with Crippen LogP contribution in [0, 0.1) is 6.92 Å². The molecule has 3 nitrogen and oxygen atoms in total. The van der Waals surface area contributed by atoms with Crippen molar-refractivity contribution in [1.82, 2.24) is 0 Å². The van der Waals surface area contributed by atoms with E-state index in [-0.39, 0.29) is 5.91 Å². The van der Waals surface area contributed by atoms with Crippen LogP contribution in [0.5, 0.6) is 5.75 Å². The molecule has 0 bridgehead atoms. The predicted octanol–water partition coefficient (Wildman–Crippen LogP) is 3.79. The van der Waals surface area contributed by atoms with Gasteiger partial charge in [-0.05, 0) is 37.1 Å². The summed E-state index contributed by atoms with van der Waals surface area (Å²) < 4.78 is 5.82. The molecule has 0 spiro atoms. The molecule has 0 fully saturated rings. The molecule has 1 amide bonds. The van der Waals surface area contributed by atoms with E-state index in [1.165, 1.54) is 0 Å². The maximum absolute atomic E-state index is 12.2. The molecule has 20 heavy (non-hydrogen) atoms. The third-order valence-electron chi connectivity index (χ3n) is 3.07. The van der Waals surface area contributed by atoms with Crippen molar-refractivity contribution >= 4 is 11.6 Å². The van der Waals surface area contributed by atoms with Crippen LogP contribution in [0.4, 0.5) is 5.69 Å². The Morgan fingerprint density at radius 1 is 1.10 bits per heavy atom. The number of ether oxygens (including phenoxy) is 1. The van der Waals surface area contributed by atoms with Gasteiger partial charge in [0.1, 0.15) is 5.75 Å². The summed E-state index contributed by atoms with van der Waals surface area (Å²) in [6.07, 6.45) is 0.129. The zero-order valence-corrected chi connectivity index (χ0v) is 11.8. The predicted molar refractivity (Wildman–Crippen MR) is 81.0 cm³/mol. The van der Waals surface area contributed by atoms with Crippen molar-refractivity contribution in [1.29, 1.82) is 0 Å². The number of para-hydroxylation sites is 2. The highest BCUT2D eigenvalue weighted by Crippen LogP contribution is 2.19. The van der Waals surface area contributed by atoms with Crippen LogP contribution in [0.25, 0.3) is 0 Å². The second-order valence-corrected chi connectivity index (χ2v) is 4.64. The zero-order valence-electron chi connectivity index (χ0n) is 11.8. The number of amides is 1. The molecule has 3 heteroatoms. The quantitative estimate of drug-likeness (QED) is 0.896. The molecule has 0 saturated heterocycles. The van der Waals surface area contributed by atoms with Gasteiger partial charge in [0.05, 0.1) is 0 Å². The molecule has 0 radical (unpaired) electrons. The zero-order chi connectivity index (χ0) is 14.4. The van der Waals surface area contributed by atoms with Gasteiger partial charge in [-0.1, -0.05) is 43.3 Å². The standard InChI is InChI=1S/C17H19NO2/c1-3-15(20-16-12-8-7-9-13(16)2)17(19)18-14-10-5-4-6-11-14/h4-12,15H,3H2,1-2H3,(H,18,19)/t15-/m1/s1. The van der Waals surface area contributed by atoms with Gasteiger partial charge >= 0.3 is 0 Å². The van der Waals surface area contributed by atoms with Gasteiger partial charge < -0.3 is 10.1 Å². The molecule has 0 heterocycles. The number of carbonyl (C=O) groups is 1. The van der Waals surface area contributed by atoms with Crippen LogP contribution in [-0.2, 0) is 4.79 Å². The van der Waals surface area contributed by atoms with Crippen LogP contribution < -0.4 is 10.1 Å². The van der Waals surface area contributed by atoms with Crippen LogP contribution in [-0.4, -0.2) is 12.0 Å². The maximum atomic E-state index is 12.2. The highest BCUT2D eigenvalue weighted by Gasteiger charge is 2.19. The van der Waals surface area contributed by atoms with Gasteiger partial charge in [0, 0.05) is 5.69 Å². The average Bonchev–Trinajstić information content (AvgIpc) is 2.47. The van der Waals surface area contributed by atoms with Gasteiger partial charge in [-0.3, -0.25) is 4.79 Å². The number of anilines is 1. The molecular weight excluding hydrogens is 250 g/mol. The van der Waals surface area contributed by atoms with E-state index >= 15 is 0 Å². The summed E-state index contributed by atoms with van der Waals surface area (Å²) in [5.74, 6) is 0.629. The molecule has 0 saturated carbocycles. The van der Waals surface area contributed by atoms with E-state index in [2.05, 4.69) is 5.32 Å². The van der Waals surface area contributed by atoms with Crippen LogP contribution in [0.3, 0.4) is 0 Å². The smallest absolute Gasteiger partial charge is 0.265 e. The summed E-state index contributed by atoms with van der Waals surface area (Å²) in [4.78, 5) is 12.2. The summed E-state index contributed by atoms with van der Waals surface area (Å²) in [5.41, 5.74) is 1.81. The second kappa shape index (κ2) is 6.75. The highest BCUT2D eigenvalue weighted by molar-refractivity contribution is 5.94. The van der Waals surface area contributed by atoms with Gasteiger partial charge in [0.25, 0.3) is 5.91 Å². The minimum absolute atomic E-state index is 0.123. The number of rotatable bonds is 5. The van der Waals surface area contributed by atoms with Crippen LogP contribution in [0.15, 0.2) is 54.6 Å². The first-order valence-corrected chi connectivity index (χ1v) is 6.79. The maximum Gasteiger partial charge on any atom is 0.265 e. The van der Waals surface area contributed by atoms with E-state index in [0.717, 1.165) is 17.0 Å². The van der Waals surface area contributed by atoms with Crippen LogP contribution in [0.2, 0.25) is 0 Å². The largest absolute Gasteiger partial charge is 0.480 e. The van der Waals surface area contributed by atoms with Crippen molar-refractivity contribution in [3.05, 3.63) is 60.2 Å². The third-order valence-corrected chi connectivity index (χ3v) is 3.07. The Balaban J connectivity index is 2.05. The molecule has 104 valence electrons. The van der Waals surface area contributed by atoms with Crippen molar-refractivity contribution in [3.63, 3.8) is 0 Å². The van der Waals surface area contributed by atoms with Gasteiger partial charge in [-0.15, -0.1) is 0 Å². The number of hydrogen-bond donors (Lipinski definition) is 1. The molecule has 2 aromatic carbocycles. The van der Waals surface area contributed by atoms with Crippen molar-refractivity contribution in [3.8, 4) is 5.75 Å². The SMILES string of the molecule is CC[C@@H](Oc1ccccc1C)C(=O)Nc1ccccc1. The summed E-state index contributed by atoms with van der Waals surface area (Å²) in [6.45, 7) is 3.91. The first-order chi connectivity index (χ1) is 9.70. The third kappa shape index (κ3) is 3.60. The summed E-state index contributed by atoms with van der Waals surface area (Å²) >= 11 is 0. The van der Waals surface area contributed by atoms with E-state index in [0.29, 0.717) is 6.42 Å². The summed E-state index contributed by atoms with van der Waals surface area (Å²) in [7, 11) is 0. The van der Waals surface area contributed by atoms with Crippen molar-refractivity contribution in [2.45, 2.75) is 26.4 Å². The van der Waals surface area contributed by atoms with E-state index in [1.54, 1.807) is 0 Å². The molecular formula is C17H19NO2.